The van der Waals surface area contributed by atoms with Gasteiger partial charge in [0, 0.05) is 11.3 Å². The third-order valence-corrected chi connectivity index (χ3v) is 1.42. The molecule has 2 heteroatoms. The van der Waals surface area contributed by atoms with Gasteiger partial charge in [0.2, 0.25) is 0 Å². The van der Waals surface area contributed by atoms with E-state index in [1.807, 2.05) is 13.0 Å². The van der Waals surface area contributed by atoms with E-state index in [9.17, 15) is 0 Å². The number of hydrogen-bond acceptors (Lipinski definition) is 2. The molecule has 2 nitrogen and oxygen atoms in total. The Labute approximate surface area is 65.9 Å². The Morgan fingerprint density at radius 3 is 2.91 bits per heavy atom. The molecule has 0 bridgehead atoms. The van der Waals surface area contributed by atoms with E-state index in [-0.39, 0.29) is 6.61 Å². The molecule has 56 valence electrons. The molecule has 0 unspecified atom stereocenters. The van der Waals surface area contributed by atoms with Gasteiger partial charge in [0.05, 0.1) is 12.3 Å². The molecule has 1 aromatic rings. The number of terminal acetylenes is 1. The summed E-state index contributed by atoms with van der Waals surface area (Å²) in [5.74, 6) is 2.45. The Bertz CT molecular complexity index is 299. The fraction of sp³-hybridized carbons (Fsp3) is 0.222. The second kappa shape index (κ2) is 3.18. The van der Waals surface area contributed by atoms with Crippen LogP contribution in [0.4, 0.5) is 0 Å². The zero-order valence-electron chi connectivity index (χ0n) is 6.33. The molecular weight excluding hydrogens is 138 g/mol. The second-order valence-corrected chi connectivity index (χ2v) is 2.25. The third kappa shape index (κ3) is 1.57. The molecule has 1 rings (SSSR count). The molecule has 0 radical (unpaired) electrons. The summed E-state index contributed by atoms with van der Waals surface area (Å²) < 4.78 is 0. The van der Waals surface area contributed by atoms with Gasteiger partial charge in [-0.05, 0) is 19.1 Å². The molecule has 0 fully saturated rings. The van der Waals surface area contributed by atoms with Crippen molar-refractivity contribution in [1.82, 2.24) is 4.98 Å². The first-order valence-electron chi connectivity index (χ1n) is 3.32. The van der Waals surface area contributed by atoms with Gasteiger partial charge in [0.1, 0.15) is 0 Å². The van der Waals surface area contributed by atoms with Crippen LogP contribution in [0.5, 0.6) is 0 Å². The van der Waals surface area contributed by atoms with Crippen LogP contribution >= 0.6 is 0 Å². The van der Waals surface area contributed by atoms with Crippen LogP contribution in [0.2, 0.25) is 0 Å². The first-order chi connectivity index (χ1) is 5.27. The van der Waals surface area contributed by atoms with Gasteiger partial charge in [-0.1, -0.05) is 5.92 Å². The van der Waals surface area contributed by atoms with Gasteiger partial charge < -0.3 is 5.11 Å². The smallest absolute Gasteiger partial charge is 0.0865 e. The zero-order chi connectivity index (χ0) is 8.27. The van der Waals surface area contributed by atoms with Crippen LogP contribution in [-0.4, -0.2) is 10.1 Å². The minimum Gasteiger partial charge on any atom is -0.390 e. The van der Waals surface area contributed by atoms with Gasteiger partial charge in [0.25, 0.3) is 0 Å². The molecule has 0 saturated heterocycles. The first-order valence-corrected chi connectivity index (χ1v) is 3.32. The molecule has 1 aromatic heterocycles. The number of aryl methyl sites for hydroxylation is 1. The topological polar surface area (TPSA) is 33.1 Å². The minimum atomic E-state index is -0.0960. The van der Waals surface area contributed by atoms with Crippen molar-refractivity contribution in [3.05, 3.63) is 29.1 Å². The fourth-order valence-electron chi connectivity index (χ4n) is 0.862. The summed E-state index contributed by atoms with van der Waals surface area (Å²) in [6.45, 7) is 1.76. The van der Waals surface area contributed by atoms with E-state index in [1.165, 1.54) is 0 Å². The monoisotopic (exact) mass is 147 g/mol. The maximum absolute atomic E-state index is 8.82. The summed E-state index contributed by atoms with van der Waals surface area (Å²) in [7, 11) is 0. The maximum atomic E-state index is 8.82. The number of aliphatic hydroxyl groups is 1. The van der Waals surface area contributed by atoms with Gasteiger partial charge in [-0.15, -0.1) is 6.42 Å². The van der Waals surface area contributed by atoms with Crippen molar-refractivity contribution in [3.8, 4) is 12.3 Å². The Kier molecular flexibility index (Phi) is 2.25. The molecule has 0 spiro atoms. The van der Waals surface area contributed by atoms with Crippen molar-refractivity contribution in [2.75, 3.05) is 0 Å². The molecular formula is C9H9NO. The van der Waals surface area contributed by atoms with E-state index in [0.717, 1.165) is 5.69 Å². The van der Waals surface area contributed by atoms with Crippen molar-refractivity contribution in [3.63, 3.8) is 0 Å². The van der Waals surface area contributed by atoms with Crippen LogP contribution in [0.3, 0.4) is 0 Å². The Morgan fingerprint density at radius 2 is 2.36 bits per heavy atom. The molecule has 1 N–H and O–H groups in total. The molecule has 0 aliphatic carbocycles. The molecule has 0 aromatic carbocycles. The molecule has 0 aliphatic rings. The number of rotatable bonds is 1. The summed E-state index contributed by atoms with van der Waals surface area (Å²) >= 11 is 0. The number of pyridine rings is 1. The van der Waals surface area contributed by atoms with Crippen LogP contribution in [0.15, 0.2) is 12.1 Å². The van der Waals surface area contributed by atoms with Crippen LogP contribution in [0, 0.1) is 19.3 Å². The lowest BCUT2D eigenvalue weighted by Gasteiger charge is -1.99. The maximum Gasteiger partial charge on any atom is 0.0865 e. The molecule has 0 amide bonds. The Morgan fingerprint density at radius 1 is 1.64 bits per heavy atom. The predicted molar refractivity (Wildman–Crippen MR) is 42.8 cm³/mol. The van der Waals surface area contributed by atoms with Gasteiger partial charge in [-0.3, -0.25) is 4.98 Å². The fourth-order valence-corrected chi connectivity index (χ4v) is 0.862. The van der Waals surface area contributed by atoms with E-state index in [1.54, 1.807) is 6.07 Å². The van der Waals surface area contributed by atoms with Crippen LogP contribution < -0.4 is 0 Å². The van der Waals surface area contributed by atoms with Crippen LogP contribution in [0.1, 0.15) is 17.0 Å². The highest BCUT2D eigenvalue weighted by molar-refractivity contribution is 5.36. The Balaban J connectivity index is 3.19. The average molecular weight is 147 g/mol. The van der Waals surface area contributed by atoms with Crippen molar-refractivity contribution in [1.29, 1.82) is 0 Å². The van der Waals surface area contributed by atoms with E-state index in [2.05, 4.69) is 10.9 Å². The lowest BCUT2D eigenvalue weighted by Crippen LogP contribution is -1.95. The molecule has 0 aliphatic heterocycles. The second-order valence-electron chi connectivity index (χ2n) is 2.25. The van der Waals surface area contributed by atoms with Gasteiger partial charge in [-0.25, -0.2) is 0 Å². The number of aliphatic hydroxyl groups excluding tert-OH is 1. The zero-order valence-corrected chi connectivity index (χ0v) is 6.33. The number of nitrogens with zero attached hydrogens (tertiary/aromatic N) is 1. The SMILES string of the molecule is C#Cc1ccc(C)nc1CO. The normalized spacial score (nSPS) is 9.18. The summed E-state index contributed by atoms with van der Waals surface area (Å²) in [6.07, 6.45) is 5.18. The van der Waals surface area contributed by atoms with Crippen LogP contribution in [0.25, 0.3) is 0 Å². The standard InChI is InChI=1S/C9H9NO/c1-3-8-5-4-7(2)10-9(8)6-11/h1,4-5,11H,6H2,2H3. The van der Waals surface area contributed by atoms with Crippen molar-refractivity contribution in [2.24, 2.45) is 0 Å². The van der Waals surface area contributed by atoms with Crippen molar-refractivity contribution >= 4 is 0 Å². The van der Waals surface area contributed by atoms with Crippen molar-refractivity contribution in [2.45, 2.75) is 13.5 Å². The number of hydrogen-bond donors (Lipinski definition) is 1. The quantitative estimate of drug-likeness (QED) is 0.598. The predicted octanol–water partition coefficient (Wildman–Crippen LogP) is 0.864. The largest absolute Gasteiger partial charge is 0.390 e. The summed E-state index contributed by atoms with van der Waals surface area (Å²) in [6, 6.07) is 3.61. The number of aromatic nitrogens is 1. The summed E-state index contributed by atoms with van der Waals surface area (Å²) in [5.41, 5.74) is 2.11. The van der Waals surface area contributed by atoms with Gasteiger partial charge in [-0.2, -0.15) is 0 Å². The highest BCUT2D eigenvalue weighted by atomic mass is 16.3. The molecule has 1 heterocycles. The minimum absolute atomic E-state index is 0.0960. The van der Waals surface area contributed by atoms with E-state index in [4.69, 9.17) is 11.5 Å². The van der Waals surface area contributed by atoms with Crippen molar-refractivity contribution < 1.29 is 5.11 Å². The highest BCUT2D eigenvalue weighted by Crippen LogP contribution is 2.05. The van der Waals surface area contributed by atoms with Gasteiger partial charge >= 0.3 is 0 Å². The molecule has 0 saturated carbocycles. The van der Waals surface area contributed by atoms with E-state index < -0.39 is 0 Å². The summed E-state index contributed by atoms with van der Waals surface area (Å²) in [4.78, 5) is 4.07. The summed E-state index contributed by atoms with van der Waals surface area (Å²) in [5, 5.41) is 8.82. The molecule has 11 heavy (non-hydrogen) atoms. The van der Waals surface area contributed by atoms with E-state index in [0.29, 0.717) is 11.3 Å². The highest BCUT2D eigenvalue weighted by Gasteiger charge is 1.98. The Hall–Kier alpha value is -1.33. The van der Waals surface area contributed by atoms with Gasteiger partial charge in [0.15, 0.2) is 0 Å². The third-order valence-electron chi connectivity index (χ3n) is 1.42. The average Bonchev–Trinajstić information content (AvgIpc) is 2.04. The van der Waals surface area contributed by atoms with Crippen LogP contribution in [-0.2, 0) is 6.61 Å². The lowest BCUT2D eigenvalue weighted by atomic mass is 10.2. The lowest BCUT2D eigenvalue weighted by molar-refractivity contribution is 0.276. The first kappa shape index (κ1) is 7.77. The molecule has 0 atom stereocenters. The van der Waals surface area contributed by atoms with E-state index >= 15 is 0 Å².